The Hall–Kier alpha value is -1.51. The van der Waals surface area contributed by atoms with Gasteiger partial charge in [-0.1, -0.05) is 0 Å². The van der Waals surface area contributed by atoms with E-state index in [1.165, 1.54) is 0 Å². The summed E-state index contributed by atoms with van der Waals surface area (Å²) in [6, 6.07) is 3.53. The van der Waals surface area contributed by atoms with E-state index in [0.717, 1.165) is 17.5 Å². The SMILES string of the molecule is CNc1cc(C=O)c(C)cc1N. The molecule has 1 aromatic rings. The van der Waals surface area contributed by atoms with Crippen molar-refractivity contribution >= 4 is 17.7 Å². The fourth-order valence-corrected chi connectivity index (χ4v) is 1.09. The summed E-state index contributed by atoms with van der Waals surface area (Å²) in [5.74, 6) is 0. The molecule has 0 fully saturated rings. The third-order valence-electron chi connectivity index (χ3n) is 1.83. The van der Waals surface area contributed by atoms with Crippen molar-refractivity contribution in [3.8, 4) is 0 Å². The molecule has 0 bridgehead atoms. The van der Waals surface area contributed by atoms with E-state index in [1.807, 2.05) is 6.92 Å². The fraction of sp³-hybridized carbons (Fsp3) is 0.222. The van der Waals surface area contributed by atoms with E-state index in [4.69, 9.17) is 5.73 Å². The third-order valence-corrected chi connectivity index (χ3v) is 1.83. The average molecular weight is 164 g/mol. The van der Waals surface area contributed by atoms with Crippen LogP contribution in [0.4, 0.5) is 11.4 Å². The van der Waals surface area contributed by atoms with E-state index in [2.05, 4.69) is 5.32 Å². The maximum absolute atomic E-state index is 10.5. The Morgan fingerprint density at radius 1 is 1.50 bits per heavy atom. The van der Waals surface area contributed by atoms with Gasteiger partial charge in [-0.2, -0.15) is 0 Å². The van der Waals surface area contributed by atoms with Crippen LogP contribution in [0.1, 0.15) is 15.9 Å². The Balaban J connectivity index is 3.26. The highest BCUT2D eigenvalue weighted by Crippen LogP contribution is 2.21. The lowest BCUT2D eigenvalue weighted by molar-refractivity contribution is 0.112. The molecule has 0 heterocycles. The van der Waals surface area contributed by atoms with Crippen molar-refractivity contribution in [2.24, 2.45) is 0 Å². The van der Waals surface area contributed by atoms with Crippen molar-refractivity contribution in [2.75, 3.05) is 18.1 Å². The van der Waals surface area contributed by atoms with Crippen molar-refractivity contribution in [3.63, 3.8) is 0 Å². The number of hydrogen-bond acceptors (Lipinski definition) is 3. The summed E-state index contributed by atoms with van der Waals surface area (Å²) in [4.78, 5) is 10.5. The smallest absolute Gasteiger partial charge is 0.150 e. The first-order valence-electron chi connectivity index (χ1n) is 3.72. The van der Waals surface area contributed by atoms with Crippen molar-refractivity contribution in [1.82, 2.24) is 0 Å². The van der Waals surface area contributed by atoms with E-state index >= 15 is 0 Å². The zero-order chi connectivity index (χ0) is 9.14. The maximum Gasteiger partial charge on any atom is 0.150 e. The van der Waals surface area contributed by atoms with Crippen LogP contribution in [0.25, 0.3) is 0 Å². The van der Waals surface area contributed by atoms with E-state index < -0.39 is 0 Å². The lowest BCUT2D eigenvalue weighted by Crippen LogP contribution is -1.98. The minimum atomic E-state index is 0.667. The second-order valence-corrected chi connectivity index (χ2v) is 2.66. The topological polar surface area (TPSA) is 55.1 Å². The van der Waals surface area contributed by atoms with Gasteiger partial charge >= 0.3 is 0 Å². The summed E-state index contributed by atoms with van der Waals surface area (Å²) in [6.07, 6.45) is 0.829. The Labute approximate surface area is 71.6 Å². The third kappa shape index (κ3) is 1.39. The molecule has 0 saturated carbocycles. The molecule has 1 aromatic carbocycles. The van der Waals surface area contributed by atoms with Crippen LogP contribution in [0, 0.1) is 6.92 Å². The molecular weight excluding hydrogens is 152 g/mol. The van der Waals surface area contributed by atoms with Crippen molar-refractivity contribution in [2.45, 2.75) is 6.92 Å². The number of nitrogens with one attached hydrogen (secondary N) is 1. The highest BCUT2D eigenvalue weighted by atomic mass is 16.1. The lowest BCUT2D eigenvalue weighted by Gasteiger charge is -2.07. The highest BCUT2D eigenvalue weighted by Gasteiger charge is 2.01. The number of nitrogens with two attached hydrogens (primary N) is 1. The predicted octanol–water partition coefficient (Wildman–Crippen LogP) is 1.43. The van der Waals surface area contributed by atoms with E-state index in [0.29, 0.717) is 11.3 Å². The summed E-state index contributed by atoms with van der Waals surface area (Å²) in [5.41, 5.74) is 8.72. The molecule has 0 radical (unpaired) electrons. The largest absolute Gasteiger partial charge is 0.397 e. The molecule has 3 nitrogen and oxygen atoms in total. The van der Waals surface area contributed by atoms with E-state index in [9.17, 15) is 4.79 Å². The molecule has 3 N–H and O–H groups in total. The number of nitrogen functional groups attached to an aromatic ring is 1. The molecule has 0 saturated heterocycles. The number of rotatable bonds is 2. The molecule has 0 spiro atoms. The molecule has 0 aliphatic carbocycles. The van der Waals surface area contributed by atoms with Gasteiger partial charge in [0.15, 0.2) is 0 Å². The fourth-order valence-electron chi connectivity index (χ4n) is 1.09. The number of aryl methyl sites for hydroxylation is 1. The van der Waals surface area contributed by atoms with Crippen LogP contribution >= 0.6 is 0 Å². The first-order valence-corrected chi connectivity index (χ1v) is 3.72. The number of benzene rings is 1. The first-order chi connectivity index (χ1) is 5.69. The van der Waals surface area contributed by atoms with Crippen LogP contribution in [0.3, 0.4) is 0 Å². The minimum absolute atomic E-state index is 0.667. The second kappa shape index (κ2) is 3.26. The summed E-state index contributed by atoms with van der Waals surface area (Å²) >= 11 is 0. The van der Waals surface area contributed by atoms with Gasteiger partial charge in [-0.15, -0.1) is 0 Å². The number of aldehydes is 1. The number of carbonyl (C=O) groups excluding carboxylic acids is 1. The summed E-state index contributed by atoms with van der Waals surface area (Å²) in [6.45, 7) is 1.86. The van der Waals surface area contributed by atoms with Crippen LogP contribution in [0.2, 0.25) is 0 Å². The summed E-state index contributed by atoms with van der Waals surface area (Å²) < 4.78 is 0. The van der Waals surface area contributed by atoms with Gasteiger partial charge in [-0.25, -0.2) is 0 Å². The van der Waals surface area contributed by atoms with E-state index in [-0.39, 0.29) is 0 Å². The molecule has 1 rings (SSSR count). The normalized spacial score (nSPS) is 9.50. The molecule has 0 aromatic heterocycles. The first kappa shape index (κ1) is 8.59. The molecule has 64 valence electrons. The number of carbonyl (C=O) groups is 1. The van der Waals surface area contributed by atoms with Crippen molar-refractivity contribution in [3.05, 3.63) is 23.3 Å². The van der Waals surface area contributed by atoms with Gasteiger partial charge in [-0.3, -0.25) is 4.79 Å². The summed E-state index contributed by atoms with van der Waals surface area (Å²) in [7, 11) is 1.77. The number of hydrogen-bond donors (Lipinski definition) is 2. The van der Waals surface area contributed by atoms with Gasteiger partial charge in [0.2, 0.25) is 0 Å². The molecular formula is C9H12N2O. The molecule has 0 amide bonds. The van der Waals surface area contributed by atoms with E-state index in [1.54, 1.807) is 19.2 Å². The second-order valence-electron chi connectivity index (χ2n) is 2.66. The Bertz CT molecular complexity index is 308. The molecule has 0 atom stereocenters. The van der Waals surface area contributed by atoms with Gasteiger partial charge in [0.25, 0.3) is 0 Å². The zero-order valence-corrected chi connectivity index (χ0v) is 7.22. The van der Waals surface area contributed by atoms with Crippen LogP contribution in [-0.2, 0) is 0 Å². The molecule has 12 heavy (non-hydrogen) atoms. The van der Waals surface area contributed by atoms with Gasteiger partial charge in [0.1, 0.15) is 6.29 Å². The monoisotopic (exact) mass is 164 g/mol. The van der Waals surface area contributed by atoms with Crippen molar-refractivity contribution < 1.29 is 4.79 Å². The zero-order valence-electron chi connectivity index (χ0n) is 7.22. The highest BCUT2D eigenvalue weighted by molar-refractivity contribution is 5.83. The molecule has 3 heteroatoms. The Kier molecular flexibility index (Phi) is 2.33. The predicted molar refractivity (Wildman–Crippen MR) is 50.5 cm³/mol. The van der Waals surface area contributed by atoms with Crippen LogP contribution in [0.5, 0.6) is 0 Å². The van der Waals surface area contributed by atoms with Crippen LogP contribution < -0.4 is 11.1 Å². The van der Waals surface area contributed by atoms with Gasteiger partial charge < -0.3 is 11.1 Å². The Morgan fingerprint density at radius 3 is 2.67 bits per heavy atom. The quantitative estimate of drug-likeness (QED) is 0.513. The molecule has 0 unspecified atom stereocenters. The Morgan fingerprint density at radius 2 is 2.17 bits per heavy atom. The maximum atomic E-state index is 10.5. The standard InChI is InChI=1S/C9H12N2O/c1-6-3-8(10)9(11-2)4-7(6)5-12/h3-5,11H,10H2,1-2H3. The van der Waals surface area contributed by atoms with Gasteiger partial charge in [-0.05, 0) is 24.6 Å². The van der Waals surface area contributed by atoms with Crippen molar-refractivity contribution in [1.29, 1.82) is 0 Å². The van der Waals surface area contributed by atoms with Crippen LogP contribution in [0.15, 0.2) is 12.1 Å². The molecule has 0 aliphatic rings. The van der Waals surface area contributed by atoms with Crippen LogP contribution in [-0.4, -0.2) is 13.3 Å². The van der Waals surface area contributed by atoms with Gasteiger partial charge in [0, 0.05) is 12.6 Å². The summed E-state index contributed by atoms with van der Waals surface area (Å²) in [5, 5.41) is 2.91. The minimum Gasteiger partial charge on any atom is -0.397 e. The number of anilines is 2. The lowest BCUT2D eigenvalue weighted by atomic mass is 10.1. The average Bonchev–Trinajstić information content (AvgIpc) is 2.05. The van der Waals surface area contributed by atoms with Gasteiger partial charge in [0.05, 0.1) is 11.4 Å². The molecule has 0 aliphatic heterocycles.